The summed E-state index contributed by atoms with van der Waals surface area (Å²) in [5.74, 6) is 0. The molecule has 1 aromatic carbocycles. The molecular formula is C15H25N3O2. The van der Waals surface area contributed by atoms with Crippen LogP contribution in [0.1, 0.15) is 25.3 Å². The molecule has 5 nitrogen and oxygen atoms in total. The second-order valence-corrected chi connectivity index (χ2v) is 5.07. The van der Waals surface area contributed by atoms with E-state index in [9.17, 15) is 9.90 Å². The summed E-state index contributed by atoms with van der Waals surface area (Å²) in [4.78, 5) is 13.6. The van der Waals surface area contributed by atoms with Crippen molar-refractivity contribution in [3.05, 3.63) is 29.8 Å². The largest absolute Gasteiger partial charge is 0.391 e. The van der Waals surface area contributed by atoms with Gasteiger partial charge in [-0.25, -0.2) is 4.79 Å². The fraction of sp³-hybridized carbons (Fsp3) is 0.533. The molecular weight excluding hydrogens is 254 g/mol. The number of nitrogens with zero attached hydrogens (tertiary/aromatic N) is 1. The van der Waals surface area contributed by atoms with Crippen LogP contribution in [-0.2, 0) is 6.54 Å². The zero-order valence-electron chi connectivity index (χ0n) is 12.5. The van der Waals surface area contributed by atoms with Gasteiger partial charge in [-0.3, -0.25) is 0 Å². The third kappa shape index (κ3) is 5.93. The molecule has 0 bridgehead atoms. The van der Waals surface area contributed by atoms with E-state index >= 15 is 0 Å². The Kier molecular flexibility index (Phi) is 6.87. The molecule has 0 aliphatic heterocycles. The molecule has 0 spiro atoms. The zero-order valence-corrected chi connectivity index (χ0v) is 12.5. The molecule has 3 N–H and O–H groups in total. The van der Waals surface area contributed by atoms with Gasteiger partial charge in [-0.1, -0.05) is 25.5 Å². The van der Waals surface area contributed by atoms with E-state index in [0.29, 0.717) is 19.5 Å². The van der Waals surface area contributed by atoms with Crippen LogP contribution in [0.3, 0.4) is 0 Å². The third-order valence-electron chi connectivity index (χ3n) is 3.03. The van der Waals surface area contributed by atoms with Crippen molar-refractivity contribution in [2.75, 3.05) is 25.5 Å². The van der Waals surface area contributed by atoms with Crippen LogP contribution in [-0.4, -0.2) is 37.9 Å². The standard InChI is InChI=1S/C15H25N3O2/c1-4-5-14(19)11-17-15(20)16-10-12-6-8-13(9-7-12)18(2)3/h6-9,14,19H,4-5,10-11H2,1-3H3,(H2,16,17,20). The number of aliphatic hydroxyl groups is 1. The Bertz CT molecular complexity index is 404. The summed E-state index contributed by atoms with van der Waals surface area (Å²) in [7, 11) is 3.98. The molecule has 1 unspecified atom stereocenters. The molecule has 2 amide bonds. The highest BCUT2D eigenvalue weighted by molar-refractivity contribution is 5.73. The molecule has 0 radical (unpaired) electrons. The first-order valence-corrected chi connectivity index (χ1v) is 6.99. The fourth-order valence-electron chi connectivity index (χ4n) is 1.80. The summed E-state index contributed by atoms with van der Waals surface area (Å²) in [5, 5.41) is 14.9. The van der Waals surface area contributed by atoms with E-state index in [4.69, 9.17) is 0 Å². The van der Waals surface area contributed by atoms with Crippen molar-refractivity contribution in [1.29, 1.82) is 0 Å². The number of hydrogen-bond donors (Lipinski definition) is 3. The summed E-state index contributed by atoms with van der Waals surface area (Å²) >= 11 is 0. The molecule has 0 heterocycles. The van der Waals surface area contributed by atoms with Gasteiger partial charge in [0.2, 0.25) is 0 Å². The molecule has 20 heavy (non-hydrogen) atoms. The molecule has 5 heteroatoms. The van der Waals surface area contributed by atoms with Crippen molar-refractivity contribution in [2.24, 2.45) is 0 Å². The SMILES string of the molecule is CCCC(O)CNC(=O)NCc1ccc(N(C)C)cc1. The summed E-state index contributed by atoms with van der Waals surface area (Å²) < 4.78 is 0. The Hall–Kier alpha value is -1.75. The van der Waals surface area contributed by atoms with E-state index in [2.05, 4.69) is 10.6 Å². The molecule has 112 valence electrons. The maximum atomic E-state index is 11.6. The van der Waals surface area contributed by atoms with Crippen molar-refractivity contribution in [1.82, 2.24) is 10.6 Å². The van der Waals surface area contributed by atoms with Gasteiger partial charge in [0.15, 0.2) is 0 Å². The lowest BCUT2D eigenvalue weighted by Gasteiger charge is -2.14. The quantitative estimate of drug-likeness (QED) is 0.712. The van der Waals surface area contributed by atoms with Gasteiger partial charge in [-0.2, -0.15) is 0 Å². The molecule has 0 fully saturated rings. The molecule has 1 atom stereocenters. The predicted octanol–water partition coefficient (Wildman–Crippen LogP) is 1.71. The molecule has 1 rings (SSSR count). The van der Waals surface area contributed by atoms with Gasteiger partial charge >= 0.3 is 6.03 Å². The van der Waals surface area contributed by atoms with Crippen LogP contribution in [0.4, 0.5) is 10.5 Å². The Morgan fingerprint density at radius 3 is 2.45 bits per heavy atom. The lowest BCUT2D eigenvalue weighted by atomic mass is 10.2. The number of benzene rings is 1. The number of nitrogens with one attached hydrogen (secondary N) is 2. The van der Waals surface area contributed by atoms with Crippen LogP contribution in [0.5, 0.6) is 0 Å². The minimum absolute atomic E-state index is 0.253. The average Bonchev–Trinajstić information content (AvgIpc) is 2.43. The lowest BCUT2D eigenvalue weighted by Crippen LogP contribution is -2.39. The highest BCUT2D eigenvalue weighted by Gasteiger charge is 2.05. The van der Waals surface area contributed by atoms with Crippen molar-refractivity contribution >= 4 is 11.7 Å². The highest BCUT2D eigenvalue weighted by Crippen LogP contribution is 2.11. The second-order valence-electron chi connectivity index (χ2n) is 5.07. The number of hydrogen-bond acceptors (Lipinski definition) is 3. The molecule has 0 saturated carbocycles. The second kappa shape index (κ2) is 8.43. The monoisotopic (exact) mass is 279 g/mol. The molecule has 1 aromatic rings. The Morgan fingerprint density at radius 2 is 1.90 bits per heavy atom. The normalized spacial score (nSPS) is 11.8. The Balaban J connectivity index is 2.30. The maximum absolute atomic E-state index is 11.6. The van der Waals surface area contributed by atoms with Crippen LogP contribution < -0.4 is 15.5 Å². The van der Waals surface area contributed by atoms with Crippen molar-refractivity contribution in [3.63, 3.8) is 0 Å². The number of carbonyl (C=O) groups is 1. The third-order valence-corrected chi connectivity index (χ3v) is 3.03. The number of aliphatic hydroxyl groups excluding tert-OH is 1. The number of rotatable bonds is 7. The number of urea groups is 1. The lowest BCUT2D eigenvalue weighted by molar-refractivity contribution is 0.160. The minimum Gasteiger partial charge on any atom is -0.391 e. The van der Waals surface area contributed by atoms with Crippen molar-refractivity contribution in [3.8, 4) is 0 Å². The summed E-state index contributed by atoms with van der Waals surface area (Å²) in [6.45, 7) is 2.77. The zero-order chi connectivity index (χ0) is 15.0. The van der Waals surface area contributed by atoms with Gasteiger partial charge in [0.1, 0.15) is 0 Å². The summed E-state index contributed by atoms with van der Waals surface area (Å²) in [5.41, 5.74) is 2.17. The van der Waals surface area contributed by atoms with Crippen LogP contribution in [0, 0.1) is 0 Å². The van der Waals surface area contributed by atoms with E-state index in [1.54, 1.807) is 0 Å². The molecule has 0 saturated heterocycles. The average molecular weight is 279 g/mol. The smallest absolute Gasteiger partial charge is 0.315 e. The maximum Gasteiger partial charge on any atom is 0.315 e. The van der Waals surface area contributed by atoms with Gasteiger partial charge in [0.25, 0.3) is 0 Å². The molecule has 0 aliphatic carbocycles. The van der Waals surface area contributed by atoms with Crippen molar-refractivity contribution < 1.29 is 9.90 Å². The van der Waals surface area contributed by atoms with Crippen LogP contribution in [0.15, 0.2) is 24.3 Å². The van der Waals surface area contributed by atoms with Gasteiger partial charge in [0.05, 0.1) is 6.10 Å². The first-order valence-electron chi connectivity index (χ1n) is 6.99. The van der Waals surface area contributed by atoms with Crippen LogP contribution in [0.25, 0.3) is 0 Å². The fourth-order valence-corrected chi connectivity index (χ4v) is 1.80. The topological polar surface area (TPSA) is 64.6 Å². The van der Waals surface area contributed by atoms with Crippen molar-refractivity contribution in [2.45, 2.75) is 32.4 Å². The molecule has 0 aromatic heterocycles. The van der Waals surface area contributed by atoms with E-state index in [1.165, 1.54) is 0 Å². The Labute approximate surface area is 121 Å². The summed E-state index contributed by atoms with van der Waals surface area (Å²) in [6, 6.07) is 7.75. The minimum atomic E-state index is -0.467. The number of carbonyl (C=O) groups excluding carboxylic acids is 1. The van der Waals surface area contributed by atoms with Crippen LogP contribution in [0.2, 0.25) is 0 Å². The Morgan fingerprint density at radius 1 is 1.25 bits per heavy atom. The van der Waals surface area contributed by atoms with Gasteiger partial charge < -0.3 is 20.6 Å². The first-order chi connectivity index (χ1) is 9.52. The van der Waals surface area contributed by atoms with E-state index in [0.717, 1.165) is 17.7 Å². The van der Waals surface area contributed by atoms with E-state index in [1.807, 2.05) is 50.2 Å². The van der Waals surface area contributed by atoms with Gasteiger partial charge in [-0.05, 0) is 24.1 Å². The van der Waals surface area contributed by atoms with E-state index < -0.39 is 6.10 Å². The summed E-state index contributed by atoms with van der Waals surface area (Å²) in [6.07, 6.45) is 1.14. The highest BCUT2D eigenvalue weighted by atomic mass is 16.3. The number of anilines is 1. The predicted molar refractivity (Wildman–Crippen MR) is 81.9 cm³/mol. The van der Waals surface area contributed by atoms with Crippen LogP contribution >= 0.6 is 0 Å². The molecule has 0 aliphatic rings. The first kappa shape index (κ1) is 16.3. The van der Waals surface area contributed by atoms with E-state index in [-0.39, 0.29) is 6.03 Å². The van der Waals surface area contributed by atoms with Gasteiger partial charge in [0, 0.05) is 32.9 Å². The number of amides is 2. The van der Waals surface area contributed by atoms with Gasteiger partial charge in [-0.15, -0.1) is 0 Å².